The van der Waals surface area contributed by atoms with Gasteiger partial charge in [0, 0.05) is 12.1 Å². The lowest BCUT2D eigenvalue weighted by Crippen LogP contribution is -2.37. The Balaban J connectivity index is 0.00000106. The molecule has 0 aromatic heterocycles. The van der Waals surface area contributed by atoms with Crippen molar-refractivity contribution in [3.63, 3.8) is 0 Å². The zero-order chi connectivity index (χ0) is 12.7. The Bertz CT molecular complexity index is 376. The Morgan fingerprint density at radius 1 is 1.12 bits per heavy atom. The Labute approximate surface area is 97.0 Å². The van der Waals surface area contributed by atoms with Gasteiger partial charge in [-0.2, -0.15) is 0 Å². The lowest BCUT2D eigenvalue weighted by Gasteiger charge is -2.12. The summed E-state index contributed by atoms with van der Waals surface area (Å²) in [4.78, 5) is 24.0. The highest BCUT2D eigenvalue weighted by molar-refractivity contribution is 5.55. The van der Waals surface area contributed by atoms with Crippen LogP contribution in [0.25, 0.3) is 0 Å². The fourth-order valence-corrected chi connectivity index (χ4v) is 1.33. The first-order valence-electron chi connectivity index (χ1n) is 5.72. The van der Waals surface area contributed by atoms with E-state index in [1.54, 1.807) is 6.92 Å². The zero-order valence-corrected chi connectivity index (χ0v) is 10.9. The molecule has 0 heterocycles. The van der Waals surface area contributed by atoms with Crippen molar-refractivity contribution in [3.05, 3.63) is 26.0 Å². The van der Waals surface area contributed by atoms with Crippen LogP contribution in [0.5, 0.6) is 0 Å². The van der Waals surface area contributed by atoms with E-state index in [2.05, 4.69) is 10.2 Å². The van der Waals surface area contributed by atoms with Gasteiger partial charge >= 0.3 is 0 Å². The quantitative estimate of drug-likeness (QED) is 0.600. The molecule has 1 rings (SSSR count). The predicted molar refractivity (Wildman–Crippen MR) is 69.1 cm³/mol. The molecule has 0 aliphatic heterocycles. The first kappa shape index (κ1) is 14.8. The molecule has 16 heavy (non-hydrogen) atoms. The van der Waals surface area contributed by atoms with Gasteiger partial charge in [-0.1, -0.05) is 13.8 Å². The maximum absolute atomic E-state index is 11.0. The van der Waals surface area contributed by atoms with E-state index in [9.17, 15) is 9.59 Å². The predicted octanol–water partition coefficient (Wildman–Crippen LogP) is 0.981. The summed E-state index contributed by atoms with van der Waals surface area (Å²) in [6, 6.07) is 0. The van der Waals surface area contributed by atoms with E-state index < -0.39 is 0 Å². The molecule has 0 spiro atoms. The van der Waals surface area contributed by atoms with E-state index in [0.29, 0.717) is 11.3 Å². The Morgan fingerprint density at radius 3 is 2.12 bits per heavy atom. The summed E-state index contributed by atoms with van der Waals surface area (Å²) < 4.78 is 0. The van der Waals surface area contributed by atoms with Crippen molar-refractivity contribution in [2.45, 2.75) is 27.2 Å². The fraction of sp³-hybridized carbons (Fsp3) is 0.667. The second-order valence-electron chi connectivity index (χ2n) is 3.74. The smallest absolute Gasteiger partial charge is 0.249 e. The van der Waals surface area contributed by atoms with Crippen molar-refractivity contribution < 1.29 is 0 Å². The van der Waals surface area contributed by atoms with Gasteiger partial charge in [-0.25, -0.2) is 0 Å². The van der Waals surface area contributed by atoms with Gasteiger partial charge in [0.25, 0.3) is 0 Å². The third kappa shape index (κ3) is 3.77. The van der Waals surface area contributed by atoms with Crippen molar-refractivity contribution in [3.8, 4) is 0 Å². The molecule has 0 aliphatic carbocycles. The standard InChI is InChI=1S/C10H16N2O2.C2H6/c1-7-8(10(14)9(7)13)11-5-4-6-12(2)3;1-2/h11H,4-6H2,1-3H3;1-2H3. The van der Waals surface area contributed by atoms with Crippen LogP contribution < -0.4 is 16.2 Å². The third-order valence-electron chi connectivity index (χ3n) is 2.23. The van der Waals surface area contributed by atoms with Crippen molar-refractivity contribution in [2.24, 2.45) is 0 Å². The second kappa shape index (κ2) is 7.17. The summed E-state index contributed by atoms with van der Waals surface area (Å²) in [5.74, 6) is 0. The first-order chi connectivity index (χ1) is 7.54. The molecule has 0 atom stereocenters. The van der Waals surface area contributed by atoms with Gasteiger partial charge in [0.1, 0.15) is 0 Å². The number of nitrogens with zero attached hydrogens (tertiary/aromatic N) is 1. The fourth-order valence-electron chi connectivity index (χ4n) is 1.33. The minimum absolute atomic E-state index is 0.347. The molecule has 0 amide bonds. The van der Waals surface area contributed by atoms with E-state index in [1.165, 1.54) is 0 Å². The van der Waals surface area contributed by atoms with Gasteiger partial charge in [0.05, 0.1) is 5.69 Å². The number of hydrogen-bond acceptors (Lipinski definition) is 4. The van der Waals surface area contributed by atoms with Crippen LogP contribution in [0.2, 0.25) is 0 Å². The van der Waals surface area contributed by atoms with Crippen LogP contribution in [0, 0.1) is 6.92 Å². The van der Waals surface area contributed by atoms with Gasteiger partial charge < -0.3 is 10.2 Å². The molecule has 0 fully saturated rings. The van der Waals surface area contributed by atoms with E-state index >= 15 is 0 Å². The van der Waals surface area contributed by atoms with Crippen molar-refractivity contribution in [2.75, 3.05) is 32.5 Å². The molecule has 0 bridgehead atoms. The minimum atomic E-state index is -0.368. The molecule has 1 aromatic rings. The van der Waals surface area contributed by atoms with Crippen molar-refractivity contribution >= 4 is 5.69 Å². The van der Waals surface area contributed by atoms with Crippen LogP contribution in [0.4, 0.5) is 5.69 Å². The lowest BCUT2D eigenvalue weighted by molar-refractivity contribution is 0.405. The highest BCUT2D eigenvalue weighted by Gasteiger charge is 2.15. The summed E-state index contributed by atoms with van der Waals surface area (Å²) in [6.45, 7) is 7.39. The normalized spacial score (nSPS) is 10.1. The van der Waals surface area contributed by atoms with Gasteiger partial charge in [0.15, 0.2) is 0 Å². The first-order valence-corrected chi connectivity index (χ1v) is 5.72. The summed E-state index contributed by atoms with van der Waals surface area (Å²) >= 11 is 0. The second-order valence-corrected chi connectivity index (χ2v) is 3.74. The van der Waals surface area contributed by atoms with Crippen LogP contribution in [0.3, 0.4) is 0 Å². The maximum atomic E-state index is 11.0. The molecule has 0 unspecified atom stereocenters. The van der Waals surface area contributed by atoms with Crippen LogP contribution >= 0.6 is 0 Å². The Hall–Kier alpha value is -1.16. The molecule has 1 aromatic carbocycles. The van der Waals surface area contributed by atoms with Crippen LogP contribution in [-0.4, -0.2) is 32.1 Å². The summed E-state index contributed by atoms with van der Waals surface area (Å²) in [7, 11) is 4.01. The average molecular weight is 226 g/mol. The average Bonchev–Trinajstić information content (AvgIpc) is 2.30. The largest absolute Gasteiger partial charge is 0.381 e. The van der Waals surface area contributed by atoms with Crippen LogP contribution in [-0.2, 0) is 0 Å². The molecular weight excluding hydrogens is 204 g/mol. The molecule has 4 nitrogen and oxygen atoms in total. The van der Waals surface area contributed by atoms with Crippen LogP contribution in [0.15, 0.2) is 9.59 Å². The lowest BCUT2D eigenvalue weighted by atomic mass is 10.1. The van der Waals surface area contributed by atoms with Crippen LogP contribution in [0.1, 0.15) is 25.8 Å². The molecule has 1 N–H and O–H groups in total. The molecule has 0 saturated carbocycles. The topological polar surface area (TPSA) is 49.4 Å². The molecular formula is C12H22N2O2. The van der Waals surface area contributed by atoms with Crippen molar-refractivity contribution in [1.29, 1.82) is 0 Å². The third-order valence-corrected chi connectivity index (χ3v) is 2.23. The SMILES string of the molecule is CC.Cc1c(NCCCN(C)C)c(=O)c1=O. The molecule has 92 valence electrons. The molecule has 0 aliphatic rings. The Morgan fingerprint density at radius 2 is 1.69 bits per heavy atom. The van der Waals surface area contributed by atoms with Gasteiger partial charge in [-0.3, -0.25) is 9.59 Å². The molecule has 0 radical (unpaired) electrons. The summed E-state index contributed by atoms with van der Waals surface area (Å²) in [6.07, 6.45) is 0.964. The molecule has 0 saturated heterocycles. The Kier molecular flexibility index (Phi) is 6.65. The number of hydrogen-bond donors (Lipinski definition) is 1. The number of nitrogens with one attached hydrogen (secondary N) is 1. The monoisotopic (exact) mass is 226 g/mol. The van der Waals surface area contributed by atoms with E-state index in [4.69, 9.17) is 0 Å². The van der Waals surface area contributed by atoms with Gasteiger partial charge in [-0.05, 0) is 34.0 Å². The van der Waals surface area contributed by atoms with Gasteiger partial charge in [-0.15, -0.1) is 0 Å². The highest BCUT2D eigenvalue weighted by Crippen LogP contribution is 2.04. The zero-order valence-electron chi connectivity index (χ0n) is 10.9. The van der Waals surface area contributed by atoms with E-state index in [1.807, 2.05) is 27.9 Å². The minimum Gasteiger partial charge on any atom is -0.381 e. The maximum Gasteiger partial charge on any atom is 0.249 e. The summed E-state index contributed by atoms with van der Waals surface area (Å²) in [5.41, 5.74) is 0.362. The van der Waals surface area contributed by atoms with Gasteiger partial charge in [0.2, 0.25) is 10.9 Å². The number of anilines is 1. The number of rotatable bonds is 5. The van der Waals surface area contributed by atoms with E-state index in [-0.39, 0.29) is 10.9 Å². The van der Waals surface area contributed by atoms with Crippen molar-refractivity contribution in [1.82, 2.24) is 4.90 Å². The summed E-state index contributed by atoms with van der Waals surface area (Å²) in [5, 5.41) is 2.99. The molecule has 4 heteroatoms. The highest BCUT2D eigenvalue weighted by atomic mass is 16.2. The van der Waals surface area contributed by atoms with E-state index in [0.717, 1.165) is 19.5 Å².